The SMILES string of the molecule is O=c1[nH]cnc2c1oc1ccc(F)cc12. The highest BCUT2D eigenvalue weighted by molar-refractivity contribution is 6.01. The number of nitrogens with one attached hydrogen (secondary N) is 1. The first kappa shape index (κ1) is 8.16. The Morgan fingerprint density at radius 1 is 1.40 bits per heavy atom. The van der Waals surface area contributed by atoms with E-state index in [2.05, 4.69) is 9.97 Å². The van der Waals surface area contributed by atoms with Crippen molar-refractivity contribution in [2.24, 2.45) is 0 Å². The second-order valence-corrected chi connectivity index (χ2v) is 3.15. The number of hydrogen-bond donors (Lipinski definition) is 1. The van der Waals surface area contributed by atoms with Crippen LogP contribution < -0.4 is 5.56 Å². The van der Waals surface area contributed by atoms with E-state index in [0.717, 1.165) is 0 Å². The molecule has 4 nitrogen and oxygen atoms in total. The topological polar surface area (TPSA) is 58.9 Å². The van der Waals surface area contributed by atoms with Crippen LogP contribution in [0.15, 0.2) is 33.7 Å². The molecule has 0 fully saturated rings. The molecule has 0 radical (unpaired) electrons. The molecule has 0 bridgehead atoms. The van der Waals surface area contributed by atoms with Crippen molar-refractivity contribution in [3.63, 3.8) is 0 Å². The first-order chi connectivity index (χ1) is 7.25. The van der Waals surface area contributed by atoms with E-state index in [0.29, 0.717) is 16.5 Å². The molecule has 2 heterocycles. The number of benzene rings is 1. The van der Waals surface area contributed by atoms with E-state index in [1.54, 1.807) is 0 Å². The Morgan fingerprint density at radius 2 is 2.27 bits per heavy atom. The third-order valence-corrected chi connectivity index (χ3v) is 2.22. The van der Waals surface area contributed by atoms with Gasteiger partial charge in [0, 0.05) is 5.39 Å². The molecule has 1 N–H and O–H groups in total. The van der Waals surface area contributed by atoms with Gasteiger partial charge in [-0.05, 0) is 18.2 Å². The van der Waals surface area contributed by atoms with Crippen molar-refractivity contribution in [1.29, 1.82) is 0 Å². The number of rotatable bonds is 0. The second-order valence-electron chi connectivity index (χ2n) is 3.15. The van der Waals surface area contributed by atoms with Gasteiger partial charge in [-0.15, -0.1) is 0 Å². The number of aromatic nitrogens is 2. The van der Waals surface area contributed by atoms with Crippen LogP contribution in [0.3, 0.4) is 0 Å². The summed E-state index contributed by atoms with van der Waals surface area (Å²) < 4.78 is 18.3. The van der Waals surface area contributed by atoms with Crippen molar-refractivity contribution in [3.8, 4) is 0 Å². The fraction of sp³-hybridized carbons (Fsp3) is 0. The number of nitrogens with zero attached hydrogens (tertiary/aromatic N) is 1. The summed E-state index contributed by atoms with van der Waals surface area (Å²) in [6.45, 7) is 0. The molecular formula is C10H5FN2O2. The Balaban J connectivity index is 2.64. The van der Waals surface area contributed by atoms with Crippen LogP contribution in [0.4, 0.5) is 4.39 Å². The zero-order valence-electron chi connectivity index (χ0n) is 7.45. The number of fused-ring (bicyclic) bond motifs is 3. The first-order valence-corrected chi connectivity index (χ1v) is 4.31. The van der Waals surface area contributed by atoms with E-state index in [1.807, 2.05) is 0 Å². The molecule has 0 aliphatic carbocycles. The molecular weight excluding hydrogens is 199 g/mol. The van der Waals surface area contributed by atoms with Gasteiger partial charge in [-0.3, -0.25) is 4.79 Å². The first-order valence-electron chi connectivity index (χ1n) is 4.31. The third-order valence-electron chi connectivity index (χ3n) is 2.22. The number of aromatic amines is 1. The quantitative estimate of drug-likeness (QED) is 0.607. The molecule has 5 heteroatoms. The van der Waals surface area contributed by atoms with E-state index in [-0.39, 0.29) is 17.0 Å². The molecule has 0 atom stereocenters. The zero-order chi connectivity index (χ0) is 10.4. The normalized spacial score (nSPS) is 11.3. The Hall–Kier alpha value is -2.17. The lowest BCUT2D eigenvalue weighted by molar-refractivity contribution is 0.625. The van der Waals surface area contributed by atoms with Crippen LogP contribution >= 0.6 is 0 Å². The van der Waals surface area contributed by atoms with Gasteiger partial charge in [0.2, 0.25) is 5.58 Å². The lowest BCUT2D eigenvalue weighted by Gasteiger charge is -1.87. The molecule has 0 amide bonds. The monoisotopic (exact) mass is 204 g/mol. The number of hydrogen-bond acceptors (Lipinski definition) is 3. The number of halogens is 1. The highest BCUT2D eigenvalue weighted by atomic mass is 19.1. The summed E-state index contributed by atoms with van der Waals surface area (Å²) in [6.07, 6.45) is 1.27. The van der Waals surface area contributed by atoms with Gasteiger partial charge in [0.05, 0.1) is 6.33 Å². The van der Waals surface area contributed by atoms with Gasteiger partial charge in [0.15, 0.2) is 0 Å². The Labute approximate surface area is 82.4 Å². The molecule has 2 aromatic heterocycles. The van der Waals surface area contributed by atoms with E-state index in [9.17, 15) is 9.18 Å². The van der Waals surface area contributed by atoms with Crippen LogP contribution in [0.2, 0.25) is 0 Å². The van der Waals surface area contributed by atoms with Crippen LogP contribution in [0, 0.1) is 5.82 Å². The minimum Gasteiger partial charge on any atom is -0.449 e. The lowest BCUT2D eigenvalue weighted by atomic mass is 10.2. The predicted molar refractivity (Wildman–Crippen MR) is 52.1 cm³/mol. The molecule has 1 aromatic carbocycles. The van der Waals surface area contributed by atoms with Gasteiger partial charge in [-0.25, -0.2) is 9.37 Å². The summed E-state index contributed by atoms with van der Waals surface area (Å²) in [6, 6.07) is 4.05. The molecule has 0 aliphatic rings. The van der Waals surface area contributed by atoms with E-state index >= 15 is 0 Å². The summed E-state index contributed by atoms with van der Waals surface area (Å²) in [5.41, 5.74) is 0.596. The highest BCUT2D eigenvalue weighted by Gasteiger charge is 2.10. The van der Waals surface area contributed by atoms with Crippen LogP contribution in [0.5, 0.6) is 0 Å². The van der Waals surface area contributed by atoms with Crippen molar-refractivity contribution in [2.45, 2.75) is 0 Å². The van der Waals surface area contributed by atoms with Crippen molar-refractivity contribution in [3.05, 3.63) is 40.7 Å². The van der Waals surface area contributed by atoms with Gasteiger partial charge in [0.1, 0.15) is 16.9 Å². The summed E-state index contributed by atoms with van der Waals surface area (Å²) in [5, 5.41) is 0.510. The average Bonchev–Trinajstić information content (AvgIpc) is 2.58. The van der Waals surface area contributed by atoms with Gasteiger partial charge < -0.3 is 9.40 Å². The van der Waals surface area contributed by atoms with Crippen molar-refractivity contribution < 1.29 is 8.81 Å². The number of furan rings is 1. The molecule has 74 valence electrons. The maximum absolute atomic E-state index is 13.0. The zero-order valence-corrected chi connectivity index (χ0v) is 7.45. The largest absolute Gasteiger partial charge is 0.449 e. The van der Waals surface area contributed by atoms with Crippen LogP contribution in [0.25, 0.3) is 22.1 Å². The number of H-pyrrole nitrogens is 1. The summed E-state index contributed by atoms with van der Waals surface area (Å²) in [4.78, 5) is 17.7. The van der Waals surface area contributed by atoms with Gasteiger partial charge in [-0.2, -0.15) is 0 Å². The van der Waals surface area contributed by atoms with E-state index in [1.165, 1.54) is 24.5 Å². The van der Waals surface area contributed by atoms with Gasteiger partial charge in [-0.1, -0.05) is 0 Å². The van der Waals surface area contributed by atoms with Crippen molar-refractivity contribution in [1.82, 2.24) is 9.97 Å². The smallest absolute Gasteiger partial charge is 0.294 e. The fourth-order valence-corrected chi connectivity index (χ4v) is 1.56. The van der Waals surface area contributed by atoms with Gasteiger partial charge >= 0.3 is 0 Å². The Morgan fingerprint density at radius 3 is 3.13 bits per heavy atom. The maximum Gasteiger partial charge on any atom is 0.294 e. The second kappa shape index (κ2) is 2.66. The molecule has 0 spiro atoms. The van der Waals surface area contributed by atoms with E-state index in [4.69, 9.17) is 4.42 Å². The Kier molecular flexibility index (Phi) is 1.45. The summed E-state index contributed by atoms with van der Waals surface area (Å²) in [5.74, 6) is -0.382. The van der Waals surface area contributed by atoms with E-state index < -0.39 is 0 Å². The fourth-order valence-electron chi connectivity index (χ4n) is 1.56. The molecule has 0 saturated heterocycles. The van der Waals surface area contributed by atoms with Gasteiger partial charge in [0.25, 0.3) is 5.56 Å². The molecule has 0 unspecified atom stereocenters. The van der Waals surface area contributed by atoms with Crippen LogP contribution in [-0.2, 0) is 0 Å². The predicted octanol–water partition coefficient (Wildman–Crippen LogP) is 1.81. The van der Waals surface area contributed by atoms with Crippen LogP contribution in [-0.4, -0.2) is 9.97 Å². The standard InChI is InChI=1S/C10H5FN2O2/c11-5-1-2-7-6(3-5)8-9(15-7)10(14)13-4-12-8/h1-4H,(H,12,13,14). The minimum atomic E-state index is -0.382. The average molecular weight is 204 g/mol. The molecule has 3 rings (SSSR count). The molecule has 0 aliphatic heterocycles. The third kappa shape index (κ3) is 1.06. The molecule has 0 saturated carbocycles. The Bertz CT molecular complexity index is 714. The van der Waals surface area contributed by atoms with Crippen LogP contribution in [0.1, 0.15) is 0 Å². The minimum absolute atomic E-state index is 0.123. The summed E-state index contributed by atoms with van der Waals surface area (Å²) >= 11 is 0. The highest BCUT2D eigenvalue weighted by Crippen LogP contribution is 2.24. The molecule has 3 aromatic rings. The molecule has 15 heavy (non-hydrogen) atoms. The van der Waals surface area contributed by atoms with Crippen molar-refractivity contribution in [2.75, 3.05) is 0 Å². The summed E-state index contributed by atoms with van der Waals surface area (Å²) in [7, 11) is 0. The maximum atomic E-state index is 13.0. The lowest BCUT2D eigenvalue weighted by Crippen LogP contribution is -2.03. The van der Waals surface area contributed by atoms with Crippen molar-refractivity contribution >= 4 is 22.1 Å².